The minimum atomic E-state index is -0.526. The van der Waals surface area contributed by atoms with Gasteiger partial charge in [0.25, 0.3) is 5.91 Å². The molecule has 0 bridgehead atoms. The van der Waals surface area contributed by atoms with Gasteiger partial charge in [0.15, 0.2) is 0 Å². The smallest absolute Gasteiger partial charge is 0.251 e. The largest absolute Gasteiger partial charge is 0.497 e. The minimum Gasteiger partial charge on any atom is -0.497 e. The van der Waals surface area contributed by atoms with Gasteiger partial charge in [0.05, 0.1) is 13.2 Å². The third-order valence-corrected chi connectivity index (χ3v) is 3.08. The van der Waals surface area contributed by atoms with E-state index in [1.807, 2.05) is 13.8 Å². The Morgan fingerprint density at radius 2 is 1.71 bits per heavy atom. The van der Waals surface area contributed by atoms with Crippen LogP contribution < -0.4 is 21.1 Å². The molecule has 0 aliphatic carbocycles. The van der Waals surface area contributed by atoms with Crippen molar-refractivity contribution in [3.8, 4) is 5.75 Å². The summed E-state index contributed by atoms with van der Waals surface area (Å²) in [6.07, 6.45) is 0. The summed E-state index contributed by atoms with van der Waals surface area (Å²) in [6.45, 7) is 4.47. The Balaban J connectivity index is 2.32. The van der Waals surface area contributed by atoms with Crippen molar-refractivity contribution in [3.05, 3.63) is 29.8 Å². The summed E-state index contributed by atoms with van der Waals surface area (Å²) in [5.41, 5.74) is 6.25. The zero-order chi connectivity index (χ0) is 15.8. The number of benzene rings is 1. The molecule has 0 radical (unpaired) electrons. The Hall–Kier alpha value is -2.08. The molecule has 21 heavy (non-hydrogen) atoms. The molecule has 4 N–H and O–H groups in total. The Labute approximate surface area is 125 Å². The zero-order valence-corrected chi connectivity index (χ0v) is 12.7. The molecule has 0 spiro atoms. The van der Waals surface area contributed by atoms with E-state index in [-0.39, 0.29) is 17.7 Å². The van der Waals surface area contributed by atoms with Crippen LogP contribution in [0.15, 0.2) is 24.3 Å². The number of nitrogens with one attached hydrogen (secondary N) is 2. The fourth-order valence-corrected chi connectivity index (χ4v) is 1.63. The van der Waals surface area contributed by atoms with Crippen molar-refractivity contribution in [2.45, 2.75) is 19.9 Å². The summed E-state index contributed by atoms with van der Waals surface area (Å²) in [5, 5.41) is 5.41. The number of rotatable bonds is 7. The Morgan fingerprint density at radius 1 is 1.14 bits per heavy atom. The lowest BCUT2D eigenvalue weighted by atomic mass is 10.1. The lowest BCUT2D eigenvalue weighted by Gasteiger charge is -2.15. The van der Waals surface area contributed by atoms with Crippen molar-refractivity contribution in [2.24, 2.45) is 11.7 Å². The molecule has 0 heterocycles. The number of hydrogen-bond acceptors (Lipinski definition) is 4. The van der Waals surface area contributed by atoms with Gasteiger partial charge in [0.2, 0.25) is 5.91 Å². The van der Waals surface area contributed by atoms with Crippen LogP contribution in [0.2, 0.25) is 0 Å². The fraction of sp³-hybridized carbons (Fsp3) is 0.467. The molecule has 0 fully saturated rings. The van der Waals surface area contributed by atoms with Crippen LogP contribution in [-0.2, 0) is 4.79 Å². The van der Waals surface area contributed by atoms with Crippen LogP contribution in [0.3, 0.4) is 0 Å². The molecule has 0 saturated carbocycles. The molecule has 0 unspecified atom stereocenters. The van der Waals surface area contributed by atoms with E-state index in [1.54, 1.807) is 31.4 Å². The first-order chi connectivity index (χ1) is 9.95. The van der Waals surface area contributed by atoms with Crippen LogP contribution in [0.1, 0.15) is 24.2 Å². The van der Waals surface area contributed by atoms with E-state index in [9.17, 15) is 9.59 Å². The van der Waals surface area contributed by atoms with E-state index in [2.05, 4.69) is 10.6 Å². The quantitative estimate of drug-likeness (QED) is 0.639. The molecule has 6 nitrogen and oxygen atoms in total. The topological polar surface area (TPSA) is 93.5 Å². The highest BCUT2D eigenvalue weighted by molar-refractivity contribution is 5.94. The first-order valence-electron chi connectivity index (χ1n) is 6.91. The third-order valence-electron chi connectivity index (χ3n) is 3.08. The maximum atomic E-state index is 11.8. The number of carbonyl (C=O) groups excluding carboxylic acids is 2. The third kappa shape index (κ3) is 5.43. The SMILES string of the molecule is COc1ccc(C(=O)NCCNC(=O)[C@@H](N)C(C)C)cc1. The van der Waals surface area contributed by atoms with Crippen molar-refractivity contribution in [3.63, 3.8) is 0 Å². The number of hydrogen-bond donors (Lipinski definition) is 3. The highest BCUT2D eigenvalue weighted by Gasteiger charge is 2.16. The summed E-state index contributed by atoms with van der Waals surface area (Å²) in [6, 6.07) is 6.28. The van der Waals surface area contributed by atoms with Gasteiger partial charge in [-0.25, -0.2) is 0 Å². The van der Waals surface area contributed by atoms with Gasteiger partial charge in [-0.3, -0.25) is 9.59 Å². The molecule has 6 heteroatoms. The summed E-state index contributed by atoms with van der Waals surface area (Å²) >= 11 is 0. The van der Waals surface area contributed by atoms with Crippen LogP contribution in [0.25, 0.3) is 0 Å². The summed E-state index contributed by atoms with van der Waals surface area (Å²) in [5.74, 6) is 0.379. The standard InChI is InChI=1S/C15H23N3O3/c1-10(2)13(16)15(20)18-9-8-17-14(19)11-4-6-12(21-3)7-5-11/h4-7,10,13H,8-9,16H2,1-3H3,(H,17,19)(H,18,20)/t13-/m0/s1. The second-order valence-corrected chi connectivity index (χ2v) is 5.05. The van der Waals surface area contributed by atoms with Gasteiger partial charge in [-0.2, -0.15) is 0 Å². The van der Waals surface area contributed by atoms with Gasteiger partial charge in [-0.05, 0) is 30.2 Å². The lowest BCUT2D eigenvalue weighted by Crippen LogP contribution is -2.46. The first kappa shape index (κ1) is 17.0. The van der Waals surface area contributed by atoms with Gasteiger partial charge in [-0.15, -0.1) is 0 Å². The summed E-state index contributed by atoms with van der Waals surface area (Å²) in [4.78, 5) is 23.4. The highest BCUT2D eigenvalue weighted by Crippen LogP contribution is 2.10. The zero-order valence-electron chi connectivity index (χ0n) is 12.7. The van der Waals surface area contributed by atoms with Gasteiger partial charge in [0, 0.05) is 18.7 Å². The molecule has 0 aliphatic rings. The van der Waals surface area contributed by atoms with Gasteiger partial charge in [0.1, 0.15) is 5.75 Å². The van der Waals surface area contributed by atoms with E-state index in [0.717, 1.165) is 0 Å². The molecular weight excluding hydrogens is 270 g/mol. The van der Waals surface area contributed by atoms with Crippen molar-refractivity contribution >= 4 is 11.8 Å². The van der Waals surface area contributed by atoms with Gasteiger partial charge in [-0.1, -0.05) is 13.8 Å². The molecule has 0 saturated heterocycles. The highest BCUT2D eigenvalue weighted by atomic mass is 16.5. The van der Waals surface area contributed by atoms with Gasteiger partial charge < -0.3 is 21.1 Å². The molecular formula is C15H23N3O3. The normalized spacial score (nSPS) is 11.9. The predicted molar refractivity (Wildman–Crippen MR) is 81.2 cm³/mol. The molecule has 0 aromatic heterocycles. The Kier molecular flexibility index (Phi) is 6.68. The summed E-state index contributed by atoms with van der Waals surface area (Å²) < 4.78 is 5.02. The first-order valence-corrected chi connectivity index (χ1v) is 6.91. The minimum absolute atomic E-state index is 0.0823. The number of amides is 2. The van der Waals surface area contributed by atoms with E-state index in [4.69, 9.17) is 10.5 Å². The van der Waals surface area contributed by atoms with Gasteiger partial charge >= 0.3 is 0 Å². The molecule has 116 valence electrons. The summed E-state index contributed by atoms with van der Waals surface area (Å²) in [7, 11) is 1.57. The van der Waals surface area contributed by atoms with Crippen LogP contribution in [-0.4, -0.2) is 38.1 Å². The van der Waals surface area contributed by atoms with Crippen molar-refractivity contribution in [1.29, 1.82) is 0 Å². The second kappa shape index (κ2) is 8.26. The maximum Gasteiger partial charge on any atom is 0.251 e. The van der Waals surface area contributed by atoms with Crippen LogP contribution >= 0.6 is 0 Å². The Morgan fingerprint density at radius 3 is 2.24 bits per heavy atom. The molecule has 1 aromatic rings. The molecule has 1 rings (SSSR count). The average molecular weight is 293 g/mol. The molecule has 0 aliphatic heterocycles. The molecule has 1 aromatic carbocycles. The van der Waals surface area contributed by atoms with E-state index in [0.29, 0.717) is 24.4 Å². The lowest BCUT2D eigenvalue weighted by molar-refractivity contribution is -0.123. The maximum absolute atomic E-state index is 11.8. The monoisotopic (exact) mass is 293 g/mol. The number of nitrogens with two attached hydrogens (primary N) is 1. The second-order valence-electron chi connectivity index (χ2n) is 5.05. The van der Waals surface area contributed by atoms with E-state index in [1.165, 1.54) is 0 Å². The Bertz CT molecular complexity index is 472. The number of carbonyl (C=O) groups is 2. The van der Waals surface area contributed by atoms with E-state index >= 15 is 0 Å². The van der Waals surface area contributed by atoms with Crippen molar-refractivity contribution in [2.75, 3.05) is 20.2 Å². The number of ether oxygens (including phenoxy) is 1. The van der Waals surface area contributed by atoms with E-state index < -0.39 is 6.04 Å². The fourth-order valence-electron chi connectivity index (χ4n) is 1.63. The van der Waals surface area contributed by atoms with Crippen LogP contribution in [0, 0.1) is 5.92 Å². The molecule has 2 amide bonds. The van der Waals surface area contributed by atoms with Crippen LogP contribution in [0.4, 0.5) is 0 Å². The van der Waals surface area contributed by atoms with Crippen LogP contribution in [0.5, 0.6) is 5.75 Å². The average Bonchev–Trinajstić information content (AvgIpc) is 2.50. The van der Waals surface area contributed by atoms with Crippen molar-refractivity contribution in [1.82, 2.24) is 10.6 Å². The number of methoxy groups -OCH3 is 1. The predicted octanol–water partition coefficient (Wildman–Crippen LogP) is 0.525. The van der Waals surface area contributed by atoms with Crippen molar-refractivity contribution < 1.29 is 14.3 Å². The molecule has 1 atom stereocenters.